The SMILES string of the molecule is C[Si](C)(C)Oc1cc(Br)ccc1Cl. The normalized spacial score (nSPS) is 11.5. The van der Waals surface area contributed by atoms with Crippen molar-refractivity contribution in [1.29, 1.82) is 0 Å². The standard InChI is InChI=1S/C9H12BrClOSi/c1-13(2,3)12-9-6-7(10)4-5-8(9)11/h4-6H,1-3H3. The Hall–Kier alpha value is 0.00688. The van der Waals surface area contributed by atoms with Crippen molar-refractivity contribution in [2.24, 2.45) is 0 Å². The van der Waals surface area contributed by atoms with Gasteiger partial charge < -0.3 is 4.43 Å². The maximum absolute atomic E-state index is 5.98. The molecule has 4 heteroatoms. The van der Waals surface area contributed by atoms with Crippen LogP contribution in [-0.2, 0) is 0 Å². The highest BCUT2D eigenvalue weighted by atomic mass is 79.9. The lowest BCUT2D eigenvalue weighted by molar-refractivity contribution is 0.557. The number of hydrogen-bond donors (Lipinski definition) is 0. The quantitative estimate of drug-likeness (QED) is 0.733. The summed E-state index contributed by atoms with van der Waals surface area (Å²) in [6.45, 7) is 6.39. The van der Waals surface area contributed by atoms with E-state index in [1.165, 1.54) is 0 Å². The molecule has 1 aromatic rings. The van der Waals surface area contributed by atoms with E-state index < -0.39 is 8.32 Å². The molecule has 0 aliphatic heterocycles. The largest absolute Gasteiger partial charge is 0.543 e. The van der Waals surface area contributed by atoms with Gasteiger partial charge in [0.05, 0.1) is 5.02 Å². The van der Waals surface area contributed by atoms with Crippen molar-refractivity contribution in [2.75, 3.05) is 0 Å². The van der Waals surface area contributed by atoms with Gasteiger partial charge in [-0.3, -0.25) is 0 Å². The van der Waals surface area contributed by atoms with E-state index in [9.17, 15) is 0 Å². The average Bonchev–Trinajstić information content (AvgIpc) is 1.94. The zero-order valence-electron chi connectivity index (χ0n) is 7.90. The molecule has 1 aromatic carbocycles. The molecule has 72 valence electrons. The summed E-state index contributed by atoms with van der Waals surface area (Å²) in [5.74, 6) is 0.773. The van der Waals surface area contributed by atoms with Crippen LogP contribution in [-0.4, -0.2) is 8.32 Å². The maximum Gasteiger partial charge on any atom is 0.242 e. The summed E-state index contributed by atoms with van der Waals surface area (Å²) >= 11 is 9.36. The Kier molecular flexibility index (Phi) is 3.43. The molecule has 0 fully saturated rings. The van der Waals surface area contributed by atoms with E-state index in [1.807, 2.05) is 18.2 Å². The van der Waals surface area contributed by atoms with Crippen LogP contribution in [0.1, 0.15) is 0 Å². The van der Waals surface area contributed by atoms with Crippen molar-refractivity contribution >= 4 is 35.8 Å². The molecule has 0 heterocycles. The first kappa shape index (κ1) is 11.1. The minimum absolute atomic E-state index is 0.672. The van der Waals surface area contributed by atoms with Crippen LogP contribution in [0, 0.1) is 0 Å². The van der Waals surface area contributed by atoms with E-state index in [0.29, 0.717) is 5.02 Å². The van der Waals surface area contributed by atoms with E-state index in [2.05, 4.69) is 35.6 Å². The first-order valence-corrected chi connectivity index (χ1v) is 8.60. The highest BCUT2D eigenvalue weighted by molar-refractivity contribution is 9.10. The van der Waals surface area contributed by atoms with Gasteiger partial charge in [0.1, 0.15) is 5.75 Å². The fraction of sp³-hybridized carbons (Fsp3) is 0.333. The molecule has 0 atom stereocenters. The predicted octanol–water partition coefficient (Wildman–Crippen LogP) is 4.32. The van der Waals surface area contributed by atoms with Crippen LogP contribution in [0.15, 0.2) is 22.7 Å². The summed E-state index contributed by atoms with van der Waals surface area (Å²) in [5.41, 5.74) is 0. The molecular formula is C9H12BrClOSi. The zero-order chi connectivity index (χ0) is 10.1. The van der Waals surface area contributed by atoms with E-state index in [1.54, 1.807) is 0 Å². The molecule has 0 radical (unpaired) electrons. The summed E-state index contributed by atoms with van der Waals surface area (Å²) < 4.78 is 6.78. The number of rotatable bonds is 2. The third-order valence-electron chi connectivity index (χ3n) is 1.31. The van der Waals surface area contributed by atoms with Crippen molar-refractivity contribution in [3.8, 4) is 5.75 Å². The second-order valence-electron chi connectivity index (χ2n) is 3.79. The van der Waals surface area contributed by atoms with Gasteiger partial charge in [-0.25, -0.2) is 0 Å². The van der Waals surface area contributed by atoms with Crippen LogP contribution in [0.3, 0.4) is 0 Å². The highest BCUT2D eigenvalue weighted by Crippen LogP contribution is 2.29. The van der Waals surface area contributed by atoms with Gasteiger partial charge in [0.25, 0.3) is 0 Å². The summed E-state index contributed by atoms with van der Waals surface area (Å²) in [6.07, 6.45) is 0. The fourth-order valence-corrected chi connectivity index (χ4v) is 2.27. The highest BCUT2D eigenvalue weighted by Gasteiger charge is 2.17. The number of halogens is 2. The van der Waals surface area contributed by atoms with Gasteiger partial charge in [-0.1, -0.05) is 27.5 Å². The lowest BCUT2D eigenvalue weighted by atomic mass is 10.3. The van der Waals surface area contributed by atoms with E-state index in [-0.39, 0.29) is 0 Å². The maximum atomic E-state index is 5.98. The Morgan fingerprint density at radius 1 is 1.31 bits per heavy atom. The van der Waals surface area contributed by atoms with Crippen molar-refractivity contribution in [2.45, 2.75) is 19.6 Å². The molecule has 0 unspecified atom stereocenters. The van der Waals surface area contributed by atoms with Crippen LogP contribution >= 0.6 is 27.5 Å². The van der Waals surface area contributed by atoms with Gasteiger partial charge in [-0.05, 0) is 37.8 Å². The topological polar surface area (TPSA) is 9.23 Å². The van der Waals surface area contributed by atoms with Crippen LogP contribution < -0.4 is 4.43 Å². The Balaban J connectivity index is 2.94. The van der Waals surface area contributed by atoms with Crippen molar-refractivity contribution in [1.82, 2.24) is 0 Å². The number of benzene rings is 1. The monoisotopic (exact) mass is 278 g/mol. The summed E-state index contributed by atoms with van der Waals surface area (Å²) in [6, 6.07) is 5.64. The second kappa shape index (κ2) is 4.03. The fourth-order valence-electron chi connectivity index (χ4n) is 0.885. The van der Waals surface area contributed by atoms with Gasteiger partial charge in [0, 0.05) is 4.47 Å². The van der Waals surface area contributed by atoms with Gasteiger partial charge in [0.2, 0.25) is 8.32 Å². The molecule has 0 saturated heterocycles. The summed E-state index contributed by atoms with van der Waals surface area (Å²) in [5, 5.41) is 0.672. The van der Waals surface area contributed by atoms with Gasteiger partial charge in [-0.2, -0.15) is 0 Å². The molecular weight excluding hydrogens is 268 g/mol. The van der Waals surface area contributed by atoms with Crippen LogP contribution in [0.2, 0.25) is 24.7 Å². The number of hydrogen-bond acceptors (Lipinski definition) is 1. The minimum atomic E-state index is -1.56. The first-order chi connectivity index (χ1) is 5.88. The molecule has 1 nitrogen and oxygen atoms in total. The summed E-state index contributed by atoms with van der Waals surface area (Å²) in [4.78, 5) is 0. The van der Waals surface area contributed by atoms with Gasteiger partial charge in [0.15, 0.2) is 0 Å². The van der Waals surface area contributed by atoms with E-state index >= 15 is 0 Å². The van der Waals surface area contributed by atoms with Crippen molar-refractivity contribution in [3.05, 3.63) is 27.7 Å². The van der Waals surface area contributed by atoms with Crippen LogP contribution in [0.25, 0.3) is 0 Å². The molecule has 0 aliphatic carbocycles. The third kappa shape index (κ3) is 3.71. The molecule has 0 N–H and O–H groups in total. The lowest BCUT2D eigenvalue weighted by Crippen LogP contribution is -2.29. The molecule has 0 bridgehead atoms. The first-order valence-electron chi connectivity index (χ1n) is 4.02. The molecule has 0 aromatic heterocycles. The lowest BCUT2D eigenvalue weighted by Gasteiger charge is -2.20. The predicted molar refractivity (Wildman–Crippen MR) is 63.1 cm³/mol. The van der Waals surface area contributed by atoms with Gasteiger partial charge >= 0.3 is 0 Å². The van der Waals surface area contributed by atoms with Crippen LogP contribution in [0.5, 0.6) is 5.75 Å². The summed E-state index contributed by atoms with van der Waals surface area (Å²) in [7, 11) is -1.56. The molecule has 0 aliphatic rings. The molecule has 1 rings (SSSR count). The second-order valence-corrected chi connectivity index (χ2v) is 9.54. The van der Waals surface area contributed by atoms with E-state index in [0.717, 1.165) is 10.2 Å². The Labute approximate surface area is 93.3 Å². The molecule has 0 saturated carbocycles. The molecule has 0 spiro atoms. The minimum Gasteiger partial charge on any atom is -0.543 e. The Morgan fingerprint density at radius 2 is 1.92 bits per heavy atom. The smallest absolute Gasteiger partial charge is 0.242 e. The van der Waals surface area contributed by atoms with Crippen molar-refractivity contribution < 1.29 is 4.43 Å². The molecule has 0 amide bonds. The van der Waals surface area contributed by atoms with Crippen LogP contribution in [0.4, 0.5) is 0 Å². The Bertz CT molecular complexity index is 309. The van der Waals surface area contributed by atoms with Gasteiger partial charge in [-0.15, -0.1) is 0 Å². The van der Waals surface area contributed by atoms with Crippen molar-refractivity contribution in [3.63, 3.8) is 0 Å². The molecule has 13 heavy (non-hydrogen) atoms. The van der Waals surface area contributed by atoms with E-state index in [4.69, 9.17) is 16.0 Å². The third-order valence-corrected chi connectivity index (χ3v) is 2.95. The average molecular weight is 280 g/mol. The Morgan fingerprint density at radius 3 is 2.46 bits per heavy atom. The zero-order valence-corrected chi connectivity index (χ0v) is 11.2.